The van der Waals surface area contributed by atoms with Crippen molar-refractivity contribution in [2.45, 2.75) is 50.0 Å². The third-order valence-electron chi connectivity index (χ3n) is 2.68. The molecule has 4 heteroatoms. The van der Waals surface area contributed by atoms with Crippen molar-refractivity contribution < 1.29 is 0 Å². The molecule has 0 unspecified atom stereocenters. The predicted molar refractivity (Wildman–Crippen MR) is 68.7 cm³/mol. The molecule has 0 radical (unpaired) electrons. The normalized spacial score (nSPS) is 15.3. The summed E-state index contributed by atoms with van der Waals surface area (Å²) in [5.74, 6) is 3.29. The van der Waals surface area contributed by atoms with Gasteiger partial charge in [-0.25, -0.2) is 9.97 Å². The Kier molecular flexibility index (Phi) is 4.04. The fraction of sp³-hybridized carbons (Fsp3) is 0.667. The minimum atomic E-state index is 0.582. The molecule has 1 aromatic heterocycles. The second-order valence-electron chi connectivity index (χ2n) is 4.32. The van der Waals surface area contributed by atoms with E-state index in [-0.39, 0.29) is 0 Å². The molecule has 88 valence electrons. The Labute approximate surface area is 101 Å². The summed E-state index contributed by atoms with van der Waals surface area (Å²) in [7, 11) is 0. The van der Waals surface area contributed by atoms with Crippen LogP contribution in [0.4, 0.5) is 5.82 Å². The van der Waals surface area contributed by atoms with Gasteiger partial charge in [0.05, 0.1) is 0 Å². The van der Waals surface area contributed by atoms with Gasteiger partial charge in [-0.15, -0.1) is 11.8 Å². The molecule has 0 saturated heterocycles. The molecule has 0 spiro atoms. The minimum Gasteiger partial charge on any atom is -0.384 e. The third-order valence-corrected chi connectivity index (χ3v) is 3.68. The Balaban J connectivity index is 1.92. The van der Waals surface area contributed by atoms with Crippen LogP contribution in [-0.2, 0) is 0 Å². The van der Waals surface area contributed by atoms with Crippen LogP contribution in [-0.4, -0.2) is 15.7 Å². The number of thioether (sulfide) groups is 1. The van der Waals surface area contributed by atoms with E-state index in [9.17, 15) is 0 Å². The van der Waals surface area contributed by atoms with Crippen molar-refractivity contribution in [1.82, 2.24) is 9.97 Å². The van der Waals surface area contributed by atoms with E-state index >= 15 is 0 Å². The molecule has 0 aromatic carbocycles. The van der Waals surface area contributed by atoms with Gasteiger partial charge in [0.2, 0.25) is 0 Å². The Morgan fingerprint density at radius 2 is 2.19 bits per heavy atom. The maximum absolute atomic E-state index is 5.79. The molecule has 1 aliphatic carbocycles. The number of unbranched alkanes of at least 4 members (excludes halogenated alkanes) is 2. The van der Waals surface area contributed by atoms with Crippen molar-refractivity contribution in [2.24, 2.45) is 0 Å². The fourth-order valence-electron chi connectivity index (χ4n) is 1.59. The first-order chi connectivity index (χ1) is 7.79. The maximum atomic E-state index is 5.79. The molecule has 0 bridgehead atoms. The van der Waals surface area contributed by atoms with Gasteiger partial charge in [-0.2, -0.15) is 0 Å². The molecule has 0 aliphatic heterocycles. The second kappa shape index (κ2) is 5.53. The van der Waals surface area contributed by atoms with Gasteiger partial charge < -0.3 is 5.73 Å². The first-order valence-electron chi connectivity index (χ1n) is 6.07. The van der Waals surface area contributed by atoms with Crippen molar-refractivity contribution in [2.75, 3.05) is 11.5 Å². The van der Waals surface area contributed by atoms with Crippen LogP contribution in [0.25, 0.3) is 0 Å². The molecule has 0 atom stereocenters. The molecule has 1 heterocycles. The van der Waals surface area contributed by atoms with Gasteiger partial charge in [-0.1, -0.05) is 19.8 Å². The average Bonchev–Trinajstić information content (AvgIpc) is 3.07. The van der Waals surface area contributed by atoms with Crippen LogP contribution >= 0.6 is 11.8 Å². The topological polar surface area (TPSA) is 51.8 Å². The monoisotopic (exact) mass is 237 g/mol. The summed E-state index contributed by atoms with van der Waals surface area (Å²) in [4.78, 5) is 8.86. The molecular weight excluding hydrogens is 218 g/mol. The number of nitrogen functional groups attached to an aromatic ring is 1. The number of rotatable bonds is 6. The molecule has 1 aromatic rings. The Morgan fingerprint density at radius 1 is 1.38 bits per heavy atom. The van der Waals surface area contributed by atoms with Gasteiger partial charge in [-0.05, 0) is 25.0 Å². The molecule has 2 N–H and O–H groups in total. The van der Waals surface area contributed by atoms with Crippen LogP contribution in [0.3, 0.4) is 0 Å². The highest BCUT2D eigenvalue weighted by molar-refractivity contribution is 7.99. The SMILES string of the molecule is CCCCCSc1cc(N)nc(C2CC2)n1. The van der Waals surface area contributed by atoms with E-state index in [1.165, 1.54) is 32.1 Å². The zero-order chi connectivity index (χ0) is 11.4. The molecule has 1 saturated carbocycles. The summed E-state index contributed by atoms with van der Waals surface area (Å²) in [6, 6.07) is 1.89. The number of anilines is 1. The Bertz CT molecular complexity index is 350. The molecule has 3 nitrogen and oxygen atoms in total. The summed E-state index contributed by atoms with van der Waals surface area (Å²) in [6.45, 7) is 2.22. The first-order valence-corrected chi connectivity index (χ1v) is 7.05. The van der Waals surface area contributed by atoms with Crippen molar-refractivity contribution in [3.05, 3.63) is 11.9 Å². The van der Waals surface area contributed by atoms with Crippen LogP contribution in [0.5, 0.6) is 0 Å². The Hall–Kier alpha value is -0.770. The standard InChI is InChI=1S/C12H19N3S/c1-2-3-4-7-16-11-8-10(13)14-12(15-11)9-5-6-9/h8-9H,2-7H2,1H3,(H2,13,14,15). The lowest BCUT2D eigenvalue weighted by Crippen LogP contribution is -1.99. The van der Waals surface area contributed by atoms with E-state index in [2.05, 4.69) is 16.9 Å². The van der Waals surface area contributed by atoms with E-state index < -0.39 is 0 Å². The summed E-state index contributed by atoms with van der Waals surface area (Å²) in [6.07, 6.45) is 6.26. The number of nitrogens with two attached hydrogens (primary N) is 1. The van der Waals surface area contributed by atoms with Crippen molar-refractivity contribution >= 4 is 17.6 Å². The van der Waals surface area contributed by atoms with Crippen LogP contribution in [0.1, 0.15) is 50.8 Å². The van der Waals surface area contributed by atoms with Crippen LogP contribution < -0.4 is 5.73 Å². The molecule has 0 amide bonds. The highest BCUT2D eigenvalue weighted by Gasteiger charge is 2.27. The average molecular weight is 237 g/mol. The molecule has 16 heavy (non-hydrogen) atoms. The second-order valence-corrected chi connectivity index (χ2v) is 5.43. The van der Waals surface area contributed by atoms with Crippen LogP contribution in [0, 0.1) is 0 Å². The van der Waals surface area contributed by atoms with Gasteiger partial charge in [0, 0.05) is 12.0 Å². The van der Waals surface area contributed by atoms with E-state index in [4.69, 9.17) is 5.73 Å². The zero-order valence-electron chi connectivity index (χ0n) is 9.78. The summed E-state index contributed by atoms with van der Waals surface area (Å²) < 4.78 is 0. The molecular formula is C12H19N3S. The first kappa shape index (κ1) is 11.7. The van der Waals surface area contributed by atoms with Gasteiger partial charge in [0.25, 0.3) is 0 Å². The number of hydrogen-bond acceptors (Lipinski definition) is 4. The largest absolute Gasteiger partial charge is 0.384 e. The van der Waals surface area contributed by atoms with E-state index in [1.54, 1.807) is 11.8 Å². The number of nitrogens with zero attached hydrogens (tertiary/aromatic N) is 2. The molecule has 2 rings (SSSR count). The van der Waals surface area contributed by atoms with Gasteiger partial charge >= 0.3 is 0 Å². The van der Waals surface area contributed by atoms with Crippen LogP contribution in [0.2, 0.25) is 0 Å². The van der Waals surface area contributed by atoms with Crippen molar-refractivity contribution in [3.8, 4) is 0 Å². The summed E-state index contributed by atoms with van der Waals surface area (Å²) in [5, 5.41) is 1.05. The lowest BCUT2D eigenvalue weighted by atomic mass is 10.3. The lowest BCUT2D eigenvalue weighted by molar-refractivity contribution is 0.777. The van der Waals surface area contributed by atoms with Gasteiger partial charge in [0.15, 0.2) is 0 Å². The predicted octanol–water partition coefficient (Wildman–Crippen LogP) is 3.22. The zero-order valence-corrected chi connectivity index (χ0v) is 10.6. The van der Waals surface area contributed by atoms with Crippen molar-refractivity contribution in [1.29, 1.82) is 0 Å². The smallest absolute Gasteiger partial charge is 0.135 e. The van der Waals surface area contributed by atoms with E-state index in [0.29, 0.717) is 11.7 Å². The van der Waals surface area contributed by atoms with Crippen LogP contribution in [0.15, 0.2) is 11.1 Å². The van der Waals surface area contributed by atoms with Crippen molar-refractivity contribution in [3.63, 3.8) is 0 Å². The quantitative estimate of drug-likeness (QED) is 0.469. The maximum Gasteiger partial charge on any atom is 0.135 e. The van der Waals surface area contributed by atoms with E-state index in [0.717, 1.165) is 16.6 Å². The van der Waals surface area contributed by atoms with E-state index in [1.807, 2.05) is 6.07 Å². The number of aromatic nitrogens is 2. The highest BCUT2D eigenvalue weighted by atomic mass is 32.2. The third kappa shape index (κ3) is 3.37. The minimum absolute atomic E-state index is 0.582. The Morgan fingerprint density at radius 3 is 2.88 bits per heavy atom. The summed E-state index contributed by atoms with van der Waals surface area (Å²) >= 11 is 1.80. The molecule has 1 fully saturated rings. The fourth-order valence-corrected chi connectivity index (χ4v) is 2.51. The summed E-state index contributed by atoms with van der Waals surface area (Å²) in [5.41, 5.74) is 5.79. The highest BCUT2D eigenvalue weighted by Crippen LogP contribution is 2.38. The van der Waals surface area contributed by atoms with Gasteiger partial charge in [0.1, 0.15) is 16.7 Å². The van der Waals surface area contributed by atoms with Gasteiger partial charge in [-0.3, -0.25) is 0 Å². The number of hydrogen-bond donors (Lipinski definition) is 1. The lowest BCUT2D eigenvalue weighted by Gasteiger charge is -2.04. The molecule has 1 aliphatic rings.